The maximum absolute atomic E-state index is 2.27. The van der Waals surface area contributed by atoms with E-state index in [1.165, 1.54) is 11.1 Å². The molecule has 0 spiro atoms. The third-order valence-electron chi connectivity index (χ3n) is 2.28. The second kappa shape index (κ2) is 17.3. The van der Waals surface area contributed by atoms with Crippen LogP contribution in [-0.2, 0) is 32.0 Å². The number of aryl methyl sites for hydroxylation is 2. The fourth-order valence-electron chi connectivity index (χ4n) is 1.30. The summed E-state index contributed by atoms with van der Waals surface area (Å²) in [5.41, 5.74) is 2.86. The molecular formula is C16H24Cl2SiTi-2. The van der Waals surface area contributed by atoms with E-state index in [0.717, 1.165) is 12.8 Å². The van der Waals surface area contributed by atoms with Gasteiger partial charge < -0.3 is 24.8 Å². The molecule has 0 saturated carbocycles. The summed E-state index contributed by atoms with van der Waals surface area (Å²) in [6.07, 6.45) is 2.44. The van der Waals surface area contributed by atoms with Crippen LogP contribution in [0.3, 0.4) is 0 Å². The largest absolute Gasteiger partial charge is 1.00 e. The van der Waals surface area contributed by atoms with E-state index in [9.17, 15) is 0 Å². The molecule has 0 bridgehead atoms. The predicted octanol–water partition coefficient (Wildman–Crippen LogP) is -1.27. The van der Waals surface area contributed by atoms with Crippen molar-refractivity contribution in [1.29, 1.82) is 0 Å². The molecule has 2 aromatic rings. The molecule has 0 aliphatic heterocycles. The maximum atomic E-state index is 2.27. The van der Waals surface area contributed by atoms with Crippen LogP contribution in [0, 0.1) is 0 Å². The van der Waals surface area contributed by atoms with Crippen LogP contribution in [0.1, 0.15) is 25.0 Å². The van der Waals surface area contributed by atoms with Crippen molar-refractivity contribution in [3.05, 3.63) is 59.7 Å². The molecular weight excluding hydrogens is 339 g/mol. The summed E-state index contributed by atoms with van der Waals surface area (Å²) in [5, 5.41) is 0. The second-order valence-corrected chi connectivity index (χ2v) is 11.0. The van der Waals surface area contributed by atoms with Crippen LogP contribution in [0.5, 0.6) is 0 Å². The van der Waals surface area contributed by atoms with Gasteiger partial charge in [-0.3, -0.25) is 0 Å². The average Bonchev–Trinajstić information content (AvgIpc) is 3.02. The average molecular weight is 363 g/mol. The standard InChI is InChI=1S/2C7H9.C2H6Si.2ClH.Ti/c2*1-2-7-5-3-4-6-7;1-3-2;;;/h2*3-6H,2H2,1H3;1-2H3;2*1H;/q2*-1;;;;+2/p-2. The number of halogens is 2. The van der Waals surface area contributed by atoms with Crippen LogP contribution in [0.25, 0.3) is 0 Å². The number of hydrogen-bond donors (Lipinski definition) is 0. The van der Waals surface area contributed by atoms with Crippen molar-refractivity contribution in [3.8, 4) is 0 Å². The molecule has 4 heteroatoms. The molecule has 0 atom stereocenters. The second-order valence-electron chi connectivity index (χ2n) is 4.29. The van der Waals surface area contributed by atoms with Gasteiger partial charge in [0.15, 0.2) is 0 Å². The Kier molecular flexibility index (Phi) is 21.7. The molecule has 0 fully saturated rings. The van der Waals surface area contributed by atoms with Crippen molar-refractivity contribution < 1.29 is 44.0 Å². The van der Waals surface area contributed by atoms with Gasteiger partial charge in [0.25, 0.3) is 0 Å². The van der Waals surface area contributed by atoms with Gasteiger partial charge in [0.2, 0.25) is 0 Å². The van der Waals surface area contributed by atoms with E-state index in [1.54, 1.807) is 0 Å². The van der Waals surface area contributed by atoms with E-state index in [1.807, 2.05) is 0 Å². The van der Waals surface area contributed by atoms with E-state index in [0.29, 0.717) is 0 Å². The third kappa shape index (κ3) is 16.3. The molecule has 0 nitrogen and oxygen atoms in total. The Morgan fingerprint density at radius 1 is 0.750 bits per heavy atom. The van der Waals surface area contributed by atoms with E-state index in [4.69, 9.17) is 0 Å². The van der Waals surface area contributed by atoms with Gasteiger partial charge in [0, 0.05) is 0 Å². The molecule has 2 aromatic carbocycles. The van der Waals surface area contributed by atoms with Crippen LogP contribution in [0.15, 0.2) is 48.5 Å². The summed E-state index contributed by atoms with van der Waals surface area (Å²) < 4.78 is 0. The van der Waals surface area contributed by atoms with Gasteiger partial charge in [-0.2, -0.15) is 35.4 Å². The van der Waals surface area contributed by atoms with Crippen LogP contribution >= 0.6 is 0 Å². The summed E-state index contributed by atoms with van der Waals surface area (Å²) in [7, 11) is 0. The SMILES string of the molecule is CC[c-]1cccc1.CC[c-]1cccc1.C[Si](C)=[Ti+2].[Cl-].[Cl-]. The van der Waals surface area contributed by atoms with Crippen molar-refractivity contribution in [3.63, 3.8) is 0 Å². The minimum Gasteiger partial charge on any atom is -1.00 e. The van der Waals surface area contributed by atoms with Crippen molar-refractivity contribution in [2.75, 3.05) is 0 Å². The topological polar surface area (TPSA) is 0 Å². The zero-order chi connectivity index (χ0) is 13.8. The molecule has 112 valence electrons. The monoisotopic (exact) mass is 362 g/mol. The Bertz CT molecular complexity index is 356. The summed E-state index contributed by atoms with van der Waals surface area (Å²) in [4.78, 5) is 0. The smallest absolute Gasteiger partial charge is 1.00 e. The molecule has 0 N–H and O–H groups in total. The summed E-state index contributed by atoms with van der Waals surface area (Å²) in [5.74, 6) is 0. The molecule has 0 radical (unpaired) electrons. The Morgan fingerprint density at radius 2 is 0.950 bits per heavy atom. The zero-order valence-corrected chi connectivity index (χ0v) is 16.9. The molecule has 2 rings (SSSR count). The van der Waals surface area contributed by atoms with Crippen LogP contribution in [0.2, 0.25) is 13.1 Å². The molecule has 0 aliphatic carbocycles. The summed E-state index contributed by atoms with van der Waals surface area (Å²) >= 11 is 2.27. The van der Waals surface area contributed by atoms with Gasteiger partial charge in [0.05, 0.1) is 0 Å². The first-order valence-electron chi connectivity index (χ1n) is 6.53. The van der Waals surface area contributed by atoms with E-state index < -0.39 is 0 Å². The summed E-state index contributed by atoms with van der Waals surface area (Å²) in [6.45, 7) is 8.86. The maximum Gasteiger partial charge on any atom is -1.00 e. The minimum atomic E-state index is 0. The molecule has 0 amide bonds. The van der Waals surface area contributed by atoms with Crippen LogP contribution in [0.4, 0.5) is 0 Å². The van der Waals surface area contributed by atoms with Gasteiger partial charge in [-0.05, 0) is 0 Å². The van der Waals surface area contributed by atoms with Gasteiger partial charge in [0.1, 0.15) is 0 Å². The molecule has 0 aliphatic rings. The fourth-order valence-corrected chi connectivity index (χ4v) is 1.30. The number of rotatable bonds is 2. The van der Waals surface area contributed by atoms with E-state index in [2.05, 4.69) is 94.6 Å². The predicted molar refractivity (Wildman–Crippen MR) is 80.3 cm³/mol. The normalized spacial score (nSPS) is 7.90. The van der Waals surface area contributed by atoms with Gasteiger partial charge in [-0.15, -0.1) is 0 Å². The Labute approximate surface area is 149 Å². The molecule has 0 heterocycles. The van der Waals surface area contributed by atoms with Crippen molar-refractivity contribution >= 4 is 6.19 Å². The first kappa shape index (κ1) is 25.2. The van der Waals surface area contributed by atoms with Crippen molar-refractivity contribution in [2.45, 2.75) is 39.8 Å². The first-order chi connectivity index (χ1) is 8.60. The van der Waals surface area contributed by atoms with Gasteiger partial charge in [-0.1, -0.05) is 26.7 Å². The van der Waals surface area contributed by atoms with E-state index in [-0.39, 0.29) is 31.0 Å². The van der Waals surface area contributed by atoms with Crippen LogP contribution < -0.4 is 24.8 Å². The minimum absolute atomic E-state index is 0. The van der Waals surface area contributed by atoms with Gasteiger partial charge in [-0.25, -0.2) is 24.3 Å². The molecule has 20 heavy (non-hydrogen) atoms. The van der Waals surface area contributed by atoms with Crippen LogP contribution in [-0.4, -0.2) is 6.19 Å². The zero-order valence-electron chi connectivity index (χ0n) is 12.8. The Hall–Kier alpha value is 0.211. The van der Waals surface area contributed by atoms with E-state index >= 15 is 0 Å². The quantitative estimate of drug-likeness (QED) is 0.461. The number of hydrogen-bond acceptors (Lipinski definition) is 0. The Balaban J connectivity index is -0.000000215. The molecule has 0 saturated heterocycles. The van der Waals surface area contributed by atoms with Crippen molar-refractivity contribution in [2.24, 2.45) is 0 Å². The molecule has 0 unspecified atom stereocenters. The fraction of sp³-hybridized carbons (Fsp3) is 0.375. The first-order valence-corrected chi connectivity index (χ1v) is 11.4. The molecule has 0 aromatic heterocycles. The van der Waals surface area contributed by atoms with Crippen molar-refractivity contribution in [1.82, 2.24) is 0 Å². The third-order valence-corrected chi connectivity index (χ3v) is 2.28. The van der Waals surface area contributed by atoms with Gasteiger partial charge >= 0.3 is 38.5 Å². The summed E-state index contributed by atoms with van der Waals surface area (Å²) in [6, 6.07) is 16.8. The Morgan fingerprint density at radius 3 is 1.05 bits per heavy atom.